The van der Waals surface area contributed by atoms with Crippen LogP contribution < -0.4 is 10.6 Å². The number of aromatic nitrogens is 2. The zero-order chi connectivity index (χ0) is 15.5. The van der Waals surface area contributed by atoms with Gasteiger partial charge >= 0.3 is 5.69 Å². The number of nitro groups is 1. The molecule has 118 valence electrons. The van der Waals surface area contributed by atoms with E-state index in [4.69, 9.17) is 0 Å². The molecule has 21 heavy (non-hydrogen) atoms. The third-order valence-electron chi connectivity index (χ3n) is 3.15. The molecule has 0 unspecified atom stereocenters. The lowest BCUT2D eigenvalue weighted by molar-refractivity contribution is -0.383. The molecule has 0 aliphatic heterocycles. The molecular formula is C14H25N5O2. The number of nitrogens with zero attached hydrogens (tertiary/aromatic N) is 3. The van der Waals surface area contributed by atoms with Gasteiger partial charge in [0.2, 0.25) is 11.6 Å². The molecule has 0 atom stereocenters. The van der Waals surface area contributed by atoms with E-state index in [9.17, 15) is 10.1 Å². The summed E-state index contributed by atoms with van der Waals surface area (Å²) in [6.45, 7) is 5.60. The lowest BCUT2D eigenvalue weighted by atomic mass is 10.2. The maximum atomic E-state index is 11.3. The van der Waals surface area contributed by atoms with Gasteiger partial charge in [0, 0.05) is 13.1 Å². The van der Waals surface area contributed by atoms with E-state index in [1.54, 1.807) is 0 Å². The normalized spacial score (nSPS) is 10.4. The van der Waals surface area contributed by atoms with Gasteiger partial charge in [0.1, 0.15) is 6.33 Å². The highest BCUT2D eigenvalue weighted by Gasteiger charge is 2.22. The van der Waals surface area contributed by atoms with E-state index in [-0.39, 0.29) is 5.69 Å². The summed E-state index contributed by atoms with van der Waals surface area (Å²) in [5.41, 5.74) is -0.0644. The SMILES string of the molecule is CCCCCNc1ncnc(NCCCCC)c1[N+](=O)[O-]. The van der Waals surface area contributed by atoms with Crippen molar-refractivity contribution in [2.45, 2.75) is 52.4 Å². The van der Waals surface area contributed by atoms with E-state index in [1.165, 1.54) is 6.33 Å². The average Bonchev–Trinajstić information content (AvgIpc) is 2.48. The van der Waals surface area contributed by atoms with Crippen molar-refractivity contribution in [2.75, 3.05) is 23.7 Å². The zero-order valence-corrected chi connectivity index (χ0v) is 12.9. The molecule has 0 saturated heterocycles. The predicted octanol–water partition coefficient (Wildman–Crippen LogP) is 3.59. The van der Waals surface area contributed by atoms with E-state index in [1.807, 2.05) is 0 Å². The van der Waals surface area contributed by atoms with E-state index < -0.39 is 4.92 Å². The molecule has 0 aromatic carbocycles. The van der Waals surface area contributed by atoms with Crippen LogP contribution in [0.4, 0.5) is 17.3 Å². The first-order valence-corrected chi connectivity index (χ1v) is 7.67. The second kappa shape index (κ2) is 9.90. The monoisotopic (exact) mass is 295 g/mol. The van der Waals surface area contributed by atoms with Crippen molar-refractivity contribution < 1.29 is 4.92 Å². The lowest BCUT2D eigenvalue weighted by Gasteiger charge is -2.09. The van der Waals surface area contributed by atoms with Gasteiger partial charge in [-0.2, -0.15) is 0 Å². The van der Waals surface area contributed by atoms with Crippen LogP contribution in [0.5, 0.6) is 0 Å². The molecule has 1 rings (SSSR count). The molecule has 1 aromatic rings. The first-order chi connectivity index (χ1) is 10.2. The Hall–Kier alpha value is -1.92. The molecule has 1 heterocycles. The number of anilines is 2. The van der Waals surface area contributed by atoms with Crippen molar-refractivity contribution in [3.63, 3.8) is 0 Å². The Kier molecular flexibility index (Phi) is 8.08. The summed E-state index contributed by atoms with van der Waals surface area (Å²) in [4.78, 5) is 18.8. The Morgan fingerprint density at radius 1 is 1.00 bits per heavy atom. The van der Waals surface area contributed by atoms with E-state index in [0.29, 0.717) is 24.7 Å². The second-order valence-electron chi connectivity index (χ2n) is 4.94. The smallest absolute Gasteiger partial charge is 0.353 e. The number of nitrogens with one attached hydrogen (secondary N) is 2. The fourth-order valence-corrected chi connectivity index (χ4v) is 1.97. The zero-order valence-electron chi connectivity index (χ0n) is 12.9. The van der Waals surface area contributed by atoms with Crippen molar-refractivity contribution in [2.24, 2.45) is 0 Å². The molecule has 0 bridgehead atoms. The molecule has 1 aromatic heterocycles. The minimum absolute atomic E-state index is 0.0644. The molecule has 0 fully saturated rings. The Morgan fingerprint density at radius 3 is 1.86 bits per heavy atom. The standard InChI is InChI=1S/C14H25N5O2/c1-3-5-7-9-15-13-12(19(20)21)14(18-11-17-13)16-10-8-6-4-2/h11H,3-10H2,1-2H3,(H2,15,16,17,18). The molecule has 0 amide bonds. The fourth-order valence-electron chi connectivity index (χ4n) is 1.97. The van der Waals surface area contributed by atoms with Crippen LogP contribution >= 0.6 is 0 Å². The first kappa shape index (κ1) is 17.1. The minimum Gasteiger partial charge on any atom is -0.364 e. The molecule has 7 nitrogen and oxygen atoms in total. The summed E-state index contributed by atoms with van der Waals surface area (Å²) in [5, 5.41) is 17.3. The number of hydrogen-bond acceptors (Lipinski definition) is 6. The van der Waals surface area contributed by atoms with Crippen molar-refractivity contribution >= 4 is 17.3 Å². The van der Waals surface area contributed by atoms with Crippen LogP contribution in [0.3, 0.4) is 0 Å². The number of rotatable bonds is 11. The Balaban J connectivity index is 2.71. The molecule has 2 N–H and O–H groups in total. The summed E-state index contributed by atoms with van der Waals surface area (Å²) in [5.74, 6) is 0.591. The Bertz CT molecular complexity index is 409. The Morgan fingerprint density at radius 2 is 1.48 bits per heavy atom. The summed E-state index contributed by atoms with van der Waals surface area (Å²) >= 11 is 0. The second-order valence-corrected chi connectivity index (χ2v) is 4.94. The molecule has 0 saturated carbocycles. The van der Waals surface area contributed by atoms with Crippen molar-refractivity contribution in [1.29, 1.82) is 0 Å². The maximum absolute atomic E-state index is 11.3. The molecule has 0 radical (unpaired) electrons. The predicted molar refractivity (Wildman–Crippen MR) is 84.7 cm³/mol. The van der Waals surface area contributed by atoms with Gasteiger partial charge in [-0.15, -0.1) is 0 Å². The van der Waals surface area contributed by atoms with Gasteiger partial charge < -0.3 is 10.6 Å². The van der Waals surface area contributed by atoms with Gasteiger partial charge in [0.05, 0.1) is 4.92 Å². The summed E-state index contributed by atoms with van der Waals surface area (Å²) in [7, 11) is 0. The van der Waals surface area contributed by atoms with Gasteiger partial charge in [-0.25, -0.2) is 9.97 Å². The van der Waals surface area contributed by atoms with E-state index in [2.05, 4.69) is 34.4 Å². The first-order valence-electron chi connectivity index (χ1n) is 7.67. The Labute approximate surface area is 125 Å². The molecule has 0 aliphatic carbocycles. The molecule has 0 aliphatic rings. The van der Waals surface area contributed by atoms with Gasteiger partial charge in [0.25, 0.3) is 0 Å². The van der Waals surface area contributed by atoms with Crippen LogP contribution in [0.2, 0.25) is 0 Å². The largest absolute Gasteiger partial charge is 0.364 e. The highest BCUT2D eigenvalue weighted by Crippen LogP contribution is 2.28. The van der Waals surface area contributed by atoms with Crippen molar-refractivity contribution in [3.8, 4) is 0 Å². The topological polar surface area (TPSA) is 93.0 Å². The van der Waals surface area contributed by atoms with Crippen LogP contribution in [0, 0.1) is 10.1 Å². The van der Waals surface area contributed by atoms with Crippen LogP contribution in [0.1, 0.15) is 52.4 Å². The summed E-state index contributed by atoms with van der Waals surface area (Å²) in [6, 6.07) is 0. The van der Waals surface area contributed by atoms with Crippen LogP contribution in [0.25, 0.3) is 0 Å². The minimum atomic E-state index is -0.426. The van der Waals surface area contributed by atoms with E-state index >= 15 is 0 Å². The fraction of sp³-hybridized carbons (Fsp3) is 0.714. The van der Waals surface area contributed by atoms with E-state index in [0.717, 1.165) is 38.5 Å². The highest BCUT2D eigenvalue weighted by atomic mass is 16.6. The molecular weight excluding hydrogens is 270 g/mol. The third-order valence-corrected chi connectivity index (χ3v) is 3.15. The van der Waals surface area contributed by atoms with Crippen molar-refractivity contribution in [3.05, 3.63) is 16.4 Å². The number of hydrogen-bond donors (Lipinski definition) is 2. The third kappa shape index (κ3) is 5.93. The molecule has 7 heteroatoms. The average molecular weight is 295 g/mol. The lowest BCUT2D eigenvalue weighted by Crippen LogP contribution is -2.11. The van der Waals surface area contributed by atoms with Crippen LogP contribution in [-0.4, -0.2) is 28.0 Å². The highest BCUT2D eigenvalue weighted by molar-refractivity contribution is 5.69. The summed E-state index contributed by atoms with van der Waals surface area (Å²) in [6.07, 6.45) is 7.70. The number of unbranched alkanes of at least 4 members (excludes halogenated alkanes) is 4. The van der Waals surface area contributed by atoms with Gasteiger partial charge in [-0.3, -0.25) is 10.1 Å². The maximum Gasteiger partial charge on any atom is 0.353 e. The van der Waals surface area contributed by atoms with Gasteiger partial charge in [-0.1, -0.05) is 39.5 Å². The molecule has 0 spiro atoms. The van der Waals surface area contributed by atoms with Gasteiger partial charge in [-0.05, 0) is 12.8 Å². The summed E-state index contributed by atoms with van der Waals surface area (Å²) < 4.78 is 0. The van der Waals surface area contributed by atoms with Gasteiger partial charge in [0.15, 0.2) is 0 Å². The van der Waals surface area contributed by atoms with Crippen LogP contribution in [0.15, 0.2) is 6.33 Å². The van der Waals surface area contributed by atoms with Crippen molar-refractivity contribution in [1.82, 2.24) is 9.97 Å². The quantitative estimate of drug-likeness (QED) is 0.368. The van der Waals surface area contributed by atoms with Crippen LogP contribution in [-0.2, 0) is 0 Å².